The normalized spacial score (nSPS) is 10.2. The fraction of sp³-hybridized carbons (Fsp3) is 0. The van der Waals surface area contributed by atoms with E-state index in [-0.39, 0.29) is 10.1 Å². The molecule has 1 aromatic carbocycles. The van der Waals surface area contributed by atoms with Crippen LogP contribution in [0.4, 0.5) is 0 Å². The molecular weight excluding hydrogens is 192 g/mol. The Bertz CT molecular complexity index is 413. The molecule has 0 aliphatic rings. The summed E-state index contributed by atoms with van der Waals surface area (Å²) >= 11 is 5.64. The van der Waals surface area contributed by atoms with E-state index in [1.165, 1.54) is 0 Å². The highest BCUT2D eigenvalue weighted by molar-refractivity contribution is 6.30. The highest BCUT2D eigenvalue weighted by Crippen LogP contribution is 2.21. The Labute approximate surface area is 78.9 Å². The molecule has 0 fully saturated rings. The molecular formula is C8H5ClN2O2. The molecule has 0 unspecified atom stereocenters. The highest BCUT2D eigenvalue weighted by atomic mass is 35.5. The van der Waals surface area contributed by atoms with E-state index in [2.05, 4.69) is 9.79 Å². The summed E-state index contributed by atoms with van der Waals surface area (Å²) in [5.41, 5.74) is 1.11. The Kier molecular flexibility index (Phi) is 1.90. The van der Waals surface area contributed by atoms with E-state index < -0.39 is 0 Å². The van der Waals surface area contributed by atoms with Crippen LogP contribution in [-0.2, 0) is 0 Å². The second kappa shape index (κ2) is 3.06. The average Bonchev–Trinajstić information content (AvgIpc) is 2.49. The van der Waals surface area contributed by atoms with Crippen LogP contribution in [0.2, 0.25) is 5.15 Å². The van der Waals surface area contributed by atoms with Crippen LogP contribution in [0.1, 0.15) is 0 Å². The monoisotopic (exact) mass is 196 g/mol. The van der Waals surface area contributed by atoms with Gasteiger partial charge in [-0.05, 0) is 16.5 Å². The van der Waals surface area contributed by atoms with Crippen molar-refractivity contribution >= 4 is 11.6 Å². The van der Waals surface area contributed by atoms with Crippen molar-refractivity contribution in [2.24, 2.45) is 0 Å². The Balaban J connectivity index is 2.53. The van der Waals surface area contributed by atoms with Crippen molar-refractivity contribution in [3.63, 3.8) is 0 Å². The lowest BCUT2D eigenvalue weighted by molar-refractivity contribution is -0.800. The summed E-state index contributed by atoms with van der Waals surface area (Å²) in [7, 11) is 0. The molecule has 2 aromatic rings. The number of halogens is 1. The van der Waals surface area contributed by atoms with Gasteiger partial charge in [0.2, 0.25) is 0 Å². The minimum absolute atomic E-state index is 0.0498. The molecule has 2 rings (SSSR count). The molecule has 4 nitrogen and oxygen atoms in total. The first-order valence-corrected chi connectivity index (χ1v) is 3.97. The number of hydrogen-bond acceptors (Lipinski definition) is 3. The zero-order valence-corrected chi connectivity index (χ0v) is 7.23. The summed E-state index contributed by atoms with van der Waals surface area (Å²) in [6.07, 6.45) is 0. The molecule has 0 aliphatic carbocycles. The van der Waals surface area contributed by atoms with E-state index >= 15 is 0 Å². The number of hydrogen-bond donors (Lipinski definition) is 0. The molecule has 0 bridgehead atoms. The molecule has 13 heavy (non-hydrogen) atoms. The number of benzene rings is 1. The second-order valence-corrected chi connectivity index (χ2v) is 2.79. The largest absolute Gasteiger partial charge is 0.358 e. The third-order valence-electron chi connectivity index (χ3n) is 1.61. The Morgan fingerprint density at radius 3 is 2.54 bits per heavy atom. The minimum atomic E-state index is -0.0498. The first kappa shape index (κ1) is 8.07. The summed E-state index contributed by atoms with van der Waals surface area (Å²) in [4.78, 5) is 0.171. The molecule has 0 saturated carbocycles. The molecule has 0 radical (unpaired) electrons. The van der Waals surface area contributed by atoms with Gasteiger partial charge in [0.05, 0.1) is 0 Å². The van der Waals surface area contributed by atoms with Crippen molar-refractivity contribution < 1.29 is 9.53 Å². The van der Waals surface area contributed by atoms with Crippen LogP contribution in [0.5, 0.6) is 0 Å². The third-order valence-corrected chi connectivity index (χ3v) is 1.93. The molecule has 0 atom stereocenters. The quantitative estimate of drug-likeness (QED) is 0.652. The van der Waals surface area contributed by atoms with Gasteiger partial charge in [-0.25, -0.2) is 0 Å². The summed E-state index contributed by atoms with van der Waals surface area (Å²) < 4.78 is 4.33. The van der Waals surface area contributed by atoms with Gasteiger partial charge in [-0.2, -0.15) is 0 Å². The van der Waals surface area contributed by atoms with Crippen molar-refractivity contribution in [2.75, 3.05) is 0 Å². The van der Waals surface area contributed by atoms with Gasteiger partial charge >= 0.3 is 0 Å². The van der Waals surface area contributed by atoms with Crippen LogP contribution in [0.25, 0.3) is 11.3 Å². The van der Waals surface area contributed by atoms with Gasteiger partial charge in [0, 0.05) is 10.7 Å². The maximum Gasteiger partial charge on any atom is 0.293 e. The standard InChI is InChI=1S/C8H5ClN2O2/c9-8-7(10-13-11(8)12)6-4-2-1-3-5-6/h1-5H. The van der Waals surface area contributed by atoms with Crippen molar-refractivity contribution in [1.29, 1.82) is 0 Å². The van der Waals surface area contributed by atoms with Gasteiger partial charge in [-0.3, -0.25) is 4.63 Å². The lowest BCUT2D eigenvalue weighted by Gasteiger charge is -1.89. The third kappa shape index (κ3) is 1.36. The van der Waals surface area contributed by atoms with Gasteiger partial charge in [-0.15, -0.1) is 0 Å². The predicted octanol–water partition coefficient (Wildman–Crippen LogP) is 1.63. The Hall–Kier alpha value is -1.55. The summed E-state index contributed by atoms with van der Waals surface area (Å²) in [6.45, 7) is 0. The van der Waals surface area contributed by atoms with E-state index in [1.807, 2.05) is 18.2 Å². The van der Waals surface area contributed by atoms with E-state index in [0.717, 1.165) is 5.56 Å². The molecule has 0 amide bonds. The van der Waals surface area contributed by atoms with Crippen LogP contribution in [0, 0.1) is 5.21 Å². The molecule has 66 valence electrons. The first-order chi connectivity index (χ1) is 6.29. The molecule has 0 spiro atoms. The SMILES string of the molecule is [O-][n+]1onc(-c2ccccc2)c1Cl. The molecule has 5 heteroatoms. The van der Waals surface area contributed by atoms with Gasteiger partial charge in [0.1, 0.15) is 0 Å². The fourth-order valence-electron chi connectivity index (χ4n) is 1.01. The maximum absolute atomic E-state index is 10.8. The summed E-state index contributed by atoms with van der Waals surface area (Å²) in [5, 5.41) is 14.2. The van der Waals surface area contributed by atoms with E-state index in [9.17, 15) is 5.21 Å². The zero-order chi connectivity index (χ0) is 9.26. The lowest BCUT2D eigenvalue weighted by atomic mass is 10.2. The zero-order valence-electron chi connectivity index (χ0n) is 6.48. The van der Waals surface area contributed by atoms with Crippen molar-refractivity contribution in [2.45, 2.75) is 0 Å². The van der Waals surface area contributed by atoms with Gasteiger partial charge in [-0.1, -0.05) is 30.3 Å². The number of nitrogens with zero attached hydrogens (tertiary/aromatic N) is 2. The molecule has 1 heterocycles. The van der Waals surface area contributed by atoms with Crippen molar-refractivity contribution in [3.8, 4) is 11.3 Å². The second-order valence-electron chi connectivity index (χ2n) is 2.44. The van der Waals surface area contributed by atoms with E-state index in [0.29, 0.717) is 5.69 Å². The van der Waals surface area contributed by atoms with Gasteiger partial charge in [0.15, 0.2) is 0 Å². The van der Waals surface area contributed by atoms with Crippen LogP contribution in [0.3, 0.4) is 0 Å². The van der Waals surface area contributed by atoms with Crippen molar-refractivity contribution in [3.05, 3.63) is 40.7 Å². The summed E-state index contributed by atoms with van der Waals surface area (Å²) in [5.74, 6) is 0. The predicted molar refractivity (Wildman–Crippen MR) is 45.9 cm³/mol. The summed E-state index contributed by atoms with van der Waals surface area (Å²) in [6, 6.07) is 9.11. The first-order valence-electron chi connectivity index (χ1n) is 3.59. The van der Waals surface area contributed by atoms with Crippen LogP contribution in [-0.4, -0.2) is 5.16 Å². The smallest absolute Gasteiger partial charge is 0.293 e. The van der Waals surface area contributed by atoms with Crippen LogP contribution >= 0.6 is 11.6 Å². The fourth-order valence-corrected chi connectivity index (χ4v) is 1.18. The molecule has 1 aromatic heterocycles. The van der Waals surface area contributed by atoms with Crippen LogP contribution < -0.4 is 4.90 Å². The lowest BCUT2D eigenvalue weighted by Crippen LogP contribution is -2.23. The van der Waals surface area contributed by atoms with E-state index in [1.54, 1.807) is 12.1 Å². The van der Waals surface area contributed by atoms with Crippen molar-refractivity contribution in [1.82, 2.24) is 5.16 Å². The Morgan fingerprint density at radius 2 is 2.00 bits per heavy atom. The van der Waals surface area contributed by atoms with Gasteiger partial charge < -0.3 is 5.21 Å². The highest BCUT2D eigenvalue weighted by Gasteiger charge is 2.17. The number of rotatable bonds is 1. The van der Waals surface area contributed by atoms with Crippen LogP contribution in [0.15, 0.2) is 35.0 Å². The maximum atomic E-state index is 10.8. The molecule has 0 N–H and O–H groups in total. The molecule has 0 aliphatic heterocycles. The average molecular weight is 197 g/mol. The topological polar surface area (TPSA) is 53.0 Å². The number of aromatic nitrogens is 2. The van der Waals surface area contributed by atoms with E-state index in [4.69, 9.17) is 11.6 Å². The molecule has 0 saturated heterocycles. The minimum Gasteiger partial charge on any atom is -0.358 e. The van der Waals surface area contributed by atoms with Gasteiger partial charge in [0.25, 0.3) is 10.8 Å². The Morgan fingerprint density at radius 1 is 1.31 bits per heavy atom.